The molecular formula is C11H18F3N3O3. The Labute approximate surface area is 114 Å². The van der Waals surface area contributed by atoms with Crippen molar-refractivity contribution < 1.29 is 27.9 Å². The van der Waals surface area contributed by atoms with Crippen LogP contribution in [0.2, 0.25) is 0 Å². The van der Waals surface area contributed by atoms with E-state index < -0.39 is 24.6 Å². The van der Waals surface area contributed by atoms with Crippen molar-refractivity contribution in [3.05, 3.63) is 0 Å². The minimum Gasteiger partial charge on any atom is -0.480 e. The number of aliphatic carboxylic acids is 1. The highest BCUT2D eigenvalue weighted by atomic mass is 19.4. The maximum Gasteiger partial charge on any atom is 0.401 e. The molecule has 9 heteroatoms. The van der Waals surface area contributed by atoms with E-state index in [-0.39, 0.29) is 13.1 Å². The van der Waals surface area contributed by atoms with E-state index in [9.17, 15) is 22.8 Å². The van der Waals surface area contributed by atoms with Crippen molar-refractivity contribution in [3.8, 4) is 0 Å². The summed E-state index contributed by atoms with van der Waals surface area (Å²) >= 11 is 0. The number of carbonyl (C=O) groups is 2. The second-order valence-electron chi connectivity index (χ2n) is 4.62. The van der Waals surface area contributed by atoms with Gasteiger partial charge in [-0.3, -0.25) is 14.5 Å². The molecular weight excluding hydrogens is 279 g/mol. The van der Waals surface area contributed by atoms with E-state index in [1.54, 1.807) is 4.90 Å². The van der Waals surface area contributed by atoms with Crippen LogP contribution in [0.4, 0.5) is 13.2 Å². The van der Waals surface area contributed by atoms with Crippen LogP contribution < -0.4 is 5.32 Å². The summed E-state index contributed by atoms with van der Waals surface area (Å²) in [5.74, 6) is -1.33. The van der Waals surface area contributed by atoms with Crippen LogP contribution in [0.3, 0.4) is 0 Å². The van der Waals surface area contributed by atoms with Crippen LogP contribution in [0, 0.1) is 0 Å². The molecule has 0 bridgehead atoms. The lowest BCUT2D eigenvalue weighted by Crippen LogP contribution is -2.42. The molecule has 0 atom stereocenters. The van der Waals surface area contributed by atoms with Crippen molar-refractivity contribution in [2.45, 2.75) is 12.6 Å². The Morgan fingerprint density at radius 2 is 1.85 bits per heavy atom. The van der Waals surface area contributed by atoms with Gasteiger partial charge in [0.2, 0.25) is 5.91 Å². The second kappa shape index (κ2) is 7.44. The summed E-state index contributed by atoms with van der Waals surface area (Å²) in [6, 6.07) is 0. The van der Waals surface area contributed by atoms with Gasteiger partial charge < -0.3 is 15.3 Å². The quantitative estimate of drug-likeness (QED) is 0.732. The number of rotatable bonds is 5. The molecule has 20 heavy (non-hydrogen) atoms. The number of alkyl halides is 3. The Balaban J connectivity index is 2.33. The van der Waals surface area contributed by atoms with E-state index in [4.69, 9.17) is 5.11 Å². The van der Waals surface area contributed by atoms with Gasteiger partial charge in [0.05, 0.1) is 19.6 Å². The lowest BCUT2D eigenvalue weighted by atomic mass is 10.3. The van der Waals surface area contributed by atoms with Gasteiger partial charge in [-0.25, -0.2) is 0 Å². The maximum absolute atomic E-state index is 11.9. The highest BCUT2D eigenvalue weighted by molar-refractivity contribution is 5.78. The first-order valence-corrected chi connectivity index (χ1v) is 6.27. The highest BCUT2D eigenvalue weighted by Gasteiger charge is 2.27. The minimum atomic E-state index is -4.34. The predicted molar refractivity (Wildman–Crippen MR) is 64.2 cm³/mol. The molecule has 0 aromatic rings. The molecule has 1 amide bonds. The number of carboxylic acid groups (broad SMARTS) is 1. The lowest BCUT2D eigenvalue weighted by molar-refractivity contribution is -0.138. The molecule has 1 heterocycles. The molecule has 1 aliphatic rings. The normalized spacial score (nSPS) is 17.9. The number of carboxylic acids is 1. The first-order valence-electron chi connectivity index (χ1n) is 6.27. The molecule has 116 valence electrons. The molecule has 6 nitrogen and oxygen atoms in total. The van der Waals surface area contributed by atoms with E-state index >= 15 is 0 Å². The average Bonchev–Trinajstić information content (AvgIpc) is 2.52. The Bertz CT molecular complexity index is 350. The van der Waals surface area contributed by atoms with Crippen LogP contribution in [-0.2, 0) is 9.59 Å². The van der Waals surface area contributed by atoms with Gasteiger partial charge in [-0.2, -0.15) is 13.2 Å². The number of hydrogen-bond donors (Lipinski definition) is 2. The van der Waals surface area contributed by atoms with Crippen molar-refractivity contribution in [1.82, 2.24) is 15.1 Å². The van der Waals surface area contributed by atoms with Crippen molar-refractivity contribution in [2.75, 3.05) is 45.8 Å². The highest BCUT2D eigenvalue weighted by Crippen LogP contribution is 2.12. The number of nitrogens with one attached hydrogen (secondary N) is 1. The fourth-order valence-electron chi connectivity index (χ4n) is 1.99. The molecule has 0 aromatic carbocycles. The van der Waals surface area contributed by atoms with Crippen molar-refractivity contribution in [2.24, 2.45) is 0 Å². The van der Waals surface area contributed by atoms with Crippen LogP contribution in [0.15, 0.2) is 0 Å². The van der Waals surface area contributed by atoms with Crippen LogP contribution >= 0.6 is 0 Å². The fourth-order valence-corrected chi connectivity index (χ4v) is 1.99. The molecule has 0 unspecified atom stereocenters. The Hall–Kier alpha value is -1.35. The van der Waals surface area contributed by atoms with E-state index in [0.29, 0.717) is 32.6 Å². The Kier molecular flexibility index (Phi) is 6.21. The topological polar surface area (TPSA) is 72.9 Å². The zero-order valence-electron chi connectivity index (χ0n) is 10.9. The zero-order valence-corrected chi connectivity index (χ0v) is 10.9. The van der Waals surface area contributed by atoms with Crippen LogP contribution in [0.1, 0.15) is 6.42 Å². The van der Waals surface area contributed by atoms with Crippen molar-refractivity contribution in [3.63, 3.8) is 0 Å². The van der Waals surface area contributed by atoms with Crippen LogP contribution in [0.25, 0.3) is 0 Å². The van der Waals surface area contributed by atoms with Gasteiger partial charge in [-0.05, 0) is 6.42 Å². The third-order valence-corrected chi connectivity index (χ3v) is 2.90. The Morgan fingerprint density at radius 3 is 2.45 bits per heavy atom. The lowest BCUT2D eigenvalue weighted by Gasteiger charge is -2.21. The first kappa shape index (κ1) is 16.7. The van der Waals surface area contributed by atoms with E-state index in [1.165, 1.54) is 4.90 Å². The molecule has 0 saturated carbocycles. The van der Waals surface area contributed by atoms with E-state index in [0.717, 1.165) is 0 Å². The summed E-state index contributed by atoms with van der Waals surface area (Å²) in [6.45, 7) is 0.0936. The summed E-state index contributed by atoms with van der Waals surface area (Å²) in [5.41, 5.74) is 0. The molecule has 0 aliphatic carbocycles. The van der Waals surface area contributed by atoms with Crippen molar-refractivity contribution >= 4 is 11.9 Å². The van der Waals surface area contributed by atoms with Gasteiger partial charge in [-0.1, -0.05) is 0 Å². The standard InChI is InChI=1S/C11H18F3N3O3/c12-11(13,14)8-15-6-9(18)17-3-1-2-16(4-5-17)7-10(19)20/h15H,1-8H2,(H,19,20). The van der Waals surface area contributed by atoms with Crippen LogP contribution in [0.5, 0.6) is 0 Å². The SMILES string of the molecule is O=C(O)CN1CCCN(C(=O)CNCC(F)(F)F)CC1. The average molecular weight is 297 g/mol. The first-order chi connectivity index (χ1) is 9.28. The molecule has 1 saturated heterocycles. The molecule has 1 rings (SSSR count). The summed E-state index contributed by atoms with van der Waals surface area (Å²) < 4.78 is 35.8. The van der Waals surface area contributed by atoms with Crippen LogP contribution in [-0.4, -0.2) is 78.8 Å². The molecule has 0 spiro atoms. The number of amides is 1. The zero-order chi connectivity index (χ0) is 15.2. The molecule has 0 aromatic heterocycles. The smallest absolute Gasteiger partial charge is 0.401 e. The summed E-state index contributed by atoms with van der Waals surface area (Å²) in [5, 5.41) is 10.7. The third-order valence-electron chi connectivity index (χ3n) is 2.90. The Morgan fingerprint density at radius 1 is 1.15 bits per heavy atom. The second-order valence-corrected chi connectivity index (χ2v) is 4.62. The molecule has 1 fully saturated rings. The van der Waals surface area contributed by atoms with E-state index in [2.05, 4.69) is 5.32 Å². The van der Waals surface area contributed by atoms with Gasteiger partial charge in [-0.15, -0.1) is 0 Å². The van der Waals surface area contributed by atoms with E-state index in [1.807, 2.05) is 0 Å². The third kappa shape index (κ3) is 6.71. The van der Waals surface area contributed by atoms with Crippen molar-refractivity contribution in [1.29, 1.82) is 0 Å². The monoisotopic (exact) mass is 297 g/mol. The maximum atomic E-state index is 11.9. The van der Waals surface area contributed by atoms with Gasteiger partial charge >= 0.3 is 12.1 Å². The summed E-state index contributed by atoms with van der Waals surface area (Å²) in [4.78, 5) is 25.5. The number of halogens is 3. The molecule has 0 radical (unpaired) electrons. The molecule has 1 aliphatic heterocycles. The van der Waals surface area contributed by atoms with Gasteiger partial charge in [0, 0.05) is 26.2 Å². The molecule has 2 N–H and O–H groups in total. The summed E-state index contributed by atoms with van der Waals surface area (Å²) in [7, 11) is 0. The summed E-state index contributed by atoms with van der Waals surface area (Å²) in [6.07, 6.45) is -3.73. The van der Waals surface area contributed by atoms with Gasteiger partial charge in [0.15, 0.2) is 0 Å². The number of hydrogen-bond acceptors (Lipinski definition) is 4. The predicted octanol–water partition coefficient (Wildman–Crippen LogP) is -0.243. The largest absolute Gasteiger partial charge is 0.480 e. The fraction of sp³-hybridized carbons (Fsp3) is 0.818. The van der Waals surface area contributed by atoms with Gasteiger partial charge in [0.1, 0.15) is 0 Å². The number of carbonyl (C=O) groups excluding carboxylic acids is 1. The van der Waals surface area contributed by atoms with Gasteiger partial charge in [0.25, 0.3) is 0 Å². The minimum absolute atomic E-state index is 0.0889. The number of nitrogens with zero attached hydrogens (tertiary/aromatic N) is 2.